The summed E-state index contributed by atoms with van der Waals surface area (Å²) < 4.78 is 45.2. The second-order valence-corrected chi connectivity index (χ2v) is 8.26. The van der Waals surface area contributed by atoms with Crippen LogP contribution in [0.4, 0.5) is 4.39 Å². The topological polar surface area (TPSA) is 89.2 Å². The van der Waals surface area contributed by atoms with E-state index in [-0.39, 0.29) is 11.4 Å². The fraction of sp³-hybridized carbons (Fsp3) is 0.278. The summed E-state index contributed by atoms with van der Waals surface area (Å²) in [6.07, 6.45) is 1.60. The van der Waals surface area contributed by atoms with Crippen molar-refractivity contribution in [3.05, 3.63) is 59.1 Å². The first kappa shape index (κ1) is 19.1. The highest BCUT2D eigenvalue weighted by Crippen LogP contribution is 2.28. The molecule has 0 spiro atoms. The Morgan fingerprint density at radius 3 is 2.41 bits per heavy atom. The van der Waals surface area contributed by atoms with Crippen LogP contribution in [0.1, 0.15) is 22.8 Å². The molecule has 0 unspecified atom stereocenters. The largest absolute Gasteiger partial charge is 0.356 e. The van der Waals surface area contributed by atoms with Gasteiger partial charge < -0.3 is 4.52 Å². The summed E-state index contributed by atoms with van der Waals surface area (Å²) in [6, 6.07) is 4.69. The van der Waals surface area contributed by atoms with Gasteiger partial charge in [0.1, 0.15) is 11.6 Å². The first-order valence-electron chi connectivity index (χ1n) is 8.18. The van der Waals surface area contributed by atoms with Gasteiger partial charge >= 0.3 is 0 Å². The van der Waals surface area contributed by atoms with Crippen molar-refractivity contribution in [1.29, 1.82) is 0 Å². The number of aromatic nitrogens is 3. The normalized spacial score (nSPS) is 11.9. The molecule has 0 saturated carbocycles. The van der Waals surface area contributed by atoms with Gasteiger partial charge in [-0.05, 0) is 45.0 Å². The zero-order valence-electron chi connectivity index (χ0n) is 15.4. The molecule has 3 rings (SSSR count). The van der Waals surface area contributed by atoms with E-state index in [2.05, 4.69) is 15.1 Å². The predicted molar refractivity (Wildman–Crippen MR) is 96.8 cm³/mol. The summed E-state index contributed by atoms with van der Waals surface area (Å²) in [6.45, 7) is 5.41. The molecular weight excluding hydrogens is 371 g/mol. The van der Waals surface area contributed by atoms with Crippen LogP contribution in [0.2, 0.25) is 0 Å². The van der Waals surface area contributed by atoms with E-state index in [9.17, 15) is 12.8 Å². The number of rotatable bonds is 5. The Labute approximate surface area is 156 Å². The molecule has 7 nitrogen and oxygen atoms in total. The molecular formula is C18H19FN4O3S. The molecule has 0 aliphatic carbocycles. The van der Waals surface area contributed by atoms with Crippen LogP contribution < -0.4 is 0 Å². The van der Waals surface area contributed by atoms with E-state index < -0.39 is 15.8 Å². The number of hydrogen-bond acceptors (Lipinski definition) is 6. The molecule has 9 heteroatoms. The van der Waals surface area contributed by atoms with Crippen molar-refractivity contribution in [2.75, 3.05) is 7.05 Å². The van der Waals surface area contributed by atoms with Gasteiger partial charge in [0, 0.05) is 18.8 Å². The number of nitrogens with zero attached hydrogens (tertiary/aromatic N) is 4. The number of halogens is 1. The average molecular weight is 390 g/mol. The van der Waals surface area contributed by atoms with Gasteiger partial charge in [-0.3, -0.25) is 0 Å². The fourth-order valence-electron chi connectivity index (χ4n) is 2.58. The summed E-state index contributed by atoms with van der Waals surface area (Å²) in [7, 11) is -2.37. The zero-order chi connectivity index (χ0) is 19.8. The summed E-state index contributed by atoms with van der Waals surface area (Å²) >= 11 is 0. The lowest BCUT2D eigenvalue weighted by Crippen LogP contribution is -2.27. The lowest BCUT2D eigenvalue weighted by atomic mass is 10.1. The van der Waals surface area contributed by atoms with Gasteiger partial charge in [-0.25, -0.2) is 22.8 Å². The highest BCUT2D eigenvalue weighted by atomic mass is 32.2. The van der Waals surface area contributed by atoms with Gasteiger partial charge in [-0.2, -0.15) is 4.31 Å². The van der Waals surface area contributed by atoms with Gasteiger partial charge in [0.15, 0.2) is 5.76 Å². The van der Waals surface area contributed by atoms with E-state index in [0.29, 0.717) is 22.8 Å². The van der Waals surface area contributed by atoms with Crippen LogP contribution >= 0.6 is 0 Å². The smallest absolute Gasteiger partial charge is 0.243 e. The van der Waals surface area contributed by atoms with Crippen LogP contribution in [0.3, 0.4) is 0 Å². The second-order valence-electron chi connectivity index (χ2n) is 6.21. The van der Waals surface area contributed by atoms with Crippen molar-refractivity contribution < 1.29 is 17.3 Å². The molecule has 27 heavy (non-hydrogen) atoms. The van der Waals surface area contributed by atoms with E-state index in [1.54, 1.807) is 13.1 Å². The maximum absolute atomic E-state index is 13.1. The molecule has 142 valence electrons. The van der Waals surface area contributed by atoms with Crippen molar-refractivity contribution in [3.63, 3.8) is 0 Å². The standard InChI is InChI=1S/C18H19FN4O3S/c1-11-12(2)22-26-18(11)16-9-20-13(3)21-17(16)10-23(4)27(24,25)15-7-5-14(19)6-8-15/h5-9H,10H2,1-4H3. The molecule has 3 aromatic rings. The number of benzene rings is 1. The molecule has 0 atom stereocenters. The molecule has 0 aliphatic rings. The summed E-state index contributed by atoms with van der Waals surface area (Å²) in [4.78, 5) is 8.60. The van der Waals surface area contributed by atoms with Gasteiger partial charge in [-0.15, -0.1) is 0 Å². The second kappa shape index (κ2) is 7.16. The minimum Gasteiger partial charge on any atom is -0.356 e. The van der Waals surface area contributed by atoms with Crippen LogP contribution in [0.15, 0.2) is 39.9 Å². The van der Waals surface area contributed by atoms with Crippen molar-refractivity contribution in [3.8, 4) is 11.3 Å². The SMILES string of the molecule is Cc1ncc(-c2onc(C)c2C)c(CN(C)S(=O)(=O)c2ccc(F)cc2)n1. The molecule has 2 aromatic heterocycles. The Morgan fingerprint density at radius 1 is 1.15 bits per heavy atom. The lowest BCUT2D eigenvalue weighted by Gasteiger charge is -2.18. The average Bonchev–Trinajstić information content (AvgIpc) is 2.95. The fourth-order valence-corrected chi connectivity index (χ4v) is 3.71. The van der Waals surface area contributed by atoms with Crippen LogP contribution in [0.25, 0.3) is 11.3 Å². The third-order valence-corrected chi connectivity index (χ3v) is 6.10. The minimum atomic E-state index is -3.81. The van der Waals surface area contributed by atoms with Crippen LogP contribution in [0.5, 0.6) is 0 Å². The molecule has 0 aliphatic heterocycles. The number of sulfonamides is 1. The molecule has 0 saturated heterocycles. The number of hydrogen-bond donors (Lipinski definition) is 0. The van der Waals surface area contributed by atoms with E-state index in [4.69, 9.17) is 4.52 Å². The quantitative estimate of drug-likeness (QED) is 0.665. The van der Waals surface area contributed by atoms with Crippen molar-refractivity contribution in [2.24, 2.45) is 0 Å². The Hall–Kier alpha value is -2.65. The molecule has 0 bridgehead atoms. The molecule has 2 heterocycles. The summed E-state index contributed by atoms with van der Waals surface area (Å²) in [5, 5.41) is 3.94. The highest BCUT2D eigenvalue weighted by molar-refractivity contribution is 7.89. The monoisotopic (exact) mass is 390 g/mol. The first-order valence-corrected chi connectivity index (χ1v) is 9.62. The summed E-state index contributed by atoms with van der Waals surface area (Å²) in [5.74, 6) is 0.520. The van der Waals surface area contributed by atoms with Crippen molar-refractivity contribution in [2.45, 2.75) is 32.2 Å². The van der Waals surface area contributed by atoms with Crippen LogP contribution in [0, 0.1) is 26.6 Å². The summed E-state index contributed by atoms with van der Waals surface area (Å²) in [5.41, 5.74) is 2.66. The van der Waals surface area contributed by atoms with Crippen LogP contribution in [-0.4, -0.2) is 34.9 Å². The van der Waals surface area contributed by atoms with Gasteiger partial charge in [0.2, 0.25) is 10.0 Å². The zero-order valence-corrected chi connectivity index (χ0v) is 16.2. The Morgan fingerprint density at radius 2 is 1.81 bits per heavy atom. The minimum absolute atomic E-state index is 0.00239. The Bertz CT molecular complexity index is 1080. The van der Waals surface area contributed by atoms with E-state index in [0.717, 1.165) is 27.7 Å². The van der Waals surface area contributed by atoms with Gasteiger partial charge in [-0.1, -0.05) is 5.16 Å². The van der Waals surface area contributed by atoms with Crippen LogP contribution in [-0.2, 0) is 16.6 Å². The first-order chi connectivity index (χ1) is 12.7. The maximum Gasteiger partial charge on any atom is 0.243 e. The maximum atomic E-state index is 13.1. The Balaban J connectivity index is 1.98. The molecule has 0 N–H and O–H groups in total. The Kier molecular flexibility index (Phi) is 5.07. The van der Waals surface area contributed by atoms with E-state index in [1.165, 1.54) is 19.2 Å². The highest BCUT2D eigenvalue weighted by Gasteiger charge is 2.24. The molecule has 1 aromatic carbocycles. The molecule has 0 amide bonds. The lowest BCUT2D eigenvalue weighted by molar-refractivity contribution is 0.424. The van der Waals surface area contributed by atoms with Gasteiger partial charge in [0.25, 0.3) is 0 Å². The molecule has 0 radical (unpaired) electrons. The van der Waals surface area contributed by atoms with E-state index >= 15 is 0 Å². The number of aryl methyl sites for hydroxylation is 2. The predicted octanol–water partition coefficient (Wildman–Crippen LogP) is 3.02. The third-order valence-electron chi connectivity index (χ3n) is 4.28. The molecule has 0 fully saturated rings. The third kappa shape index (κ3) is 3.74. The van der Waals surface area contributed by atoms with E-state index in [1.807, 2.05) is 13.8 Å². The van der Waals surface area contributed by atoms with Crippen molar-refractivity contribution >= 4 is 10.0 Å². The van der Waals surface area contributed by atoms with Gasteiger partial charge in [0.05, 0.1) is 28.4 Å². The van der Waals surface area contributed by atoms with Crippen molar-refractivity contribution in [1.82, 2.24) is 19.4 Å².